The SMILES string of the molecule is COc1cc(CC(=O)OCC(=O)Nc2c(C)cccc2C(C)C)ccc1C. The largest absolute Gasteiger partial charge is 0.496 e. The zero-order valence-electron chi connectivity index (χ0n) is 16.6. The number of methoxy groups -OCH3 is 1. The Kier molecular flexibility index (Phi) is 6.99. The van der Waals surface area contributed by atoms with Gasteiger partial charge in [-0.15, -0.1) is 0 Å². The van der Waals surface area contributed by atoms with Crippen LogP contribution in [0, 0.1) is 13.8 Å². The third-order valence-electron chi connectivity index (χ3n) is 4.38. The van der Waals surface area contributed by atoms with Crippen LogP contribution < -0.4 is 10.1 Å². The highest BCUT2D eigenvalue weighted by atomic mass is 16.5. The maximum atomic E-state index is 12.2. The van der Waals surface area contributed by atoms with Gasteiger partial charge in [0.15, 0.2) is 6.61 Å². The minimum absolute atomic E-state index is 0.0888. The molecule has 1 amide bonds. The van der Waals surface area contributed by atoms with Gasteiger partial charge in [0.1, 0.15) is 5.75 Å². The van der Waals surface area contributed by atoms with Crippen molar-refractivity contribution >= 4 is 17.6 Å². The maximum absolute atomic E-state index is 12.2. The van der Waals surface area contributed by atoms with Crippen molar-refractivity contribution in [1.29, 1.82) is 0 Å². The standard InChI is InChI=1S/C22H27NO4/c1-14(2)18-8-6-7-16(4)22(18)23-20(24)13-27-21(25)12-17-10-9-15(3)19(11-17)26-5/h6-11,14H,12-13H2,1-5H3,(H,23,24). The molecule has 144 valence electrons. The number of anilines is 1. The van der Waals surface area contributed by atoms with Gasteiger partial charge in [-0.3, -0.25) is 9.59 Å². The highest BCUT2D eigenvalue weighted by Gasteiger charge is 2.14. The zero-order valence-corrected chi connectivity index (χ0v) is 16.6. The third-order valence-corrected chi connectivity index (χ3v) is 4.38. The number of benzene rings is 2. The third kappa shape index (κ3) is 5.58. The Balaban J connectivity index is 1.93. The number of esters is 1. The van der Waals surface area contributed by atoms with Crippen LogP contribution in [0.3, 0.4) is 0 Å². The smallest absolute Gasteiger partial charge is 0.310 e. The van der Waals surface area contributed by atoms with Gasteiger partial charge in [-0.05, 0) is 48.1 Å². The monoisotopic (exact) mass is 369 g/mol. The van der Waals surface area contributed by atoms with Crippen molar-refractivity contribution in [3.05, 3.63) is 58.7 Å². The quantitative estimate of drug-likeness (QED) is 0.744. The summed E-state index contributed by atoms with van der Waals surface area (Å²) in [6.07, 6.45) is 0.0888. The molecule has 5 heteroatoms. The van der Waals surface area contributed by atoms with Crippen molar-refractivity contribution in [1.82, 2.24) is 0 Å². The van der Waals surface area contributed by atoms with Crippen LogP contribution in [0.25, 0.3) is 0 Å². The first-order valence-corrected chi connectivity index (χ1v) is 9.00. The van der Waals surface area contributed by atoms with E-state index in [4.69, 9.17) is 9.47 Å². The zero-order chi connectivity index (χ0) is 20.0. The molecule has 0 heterocycles. The van der Waals surface area contributed by atoms with E-state index in [1.165, 1.54) is 0 Å². The second-order valence-corrected chi connectivity index (χ2v) is 6.88. The summed E-state index contributed by atoms with van der Waals surface area (Å²) in [7, 11) is 1.59. The van der Waals surface area contributed by atoms with Gasteiger partial charge >= 0.3 is 5.97 Å². The normalized spacial score (nSPS) is 10.6. The number of nitrogens with one attached hydrogen (secondary N) is 1. The minimum atomic E-state index is -0.454. The van der Waals surface area contributed by atoms with E-state index in [9.17, 15) is 9.59 Å². The van der Waals surface area contributed by atoms with E-state index in [0.717, 1.165) is 33.7 Å². The summed E-state index contributed by atoms with van der Waals surface area (Å²) < 4.78 is 10.4. The number of amides is 1. The fourth-order valence-electron chi connectivity index (χ4n) is 2.86. The van der Waals surface area contributed by atoms with E-state index in [-0.39, 0.29) is 24.9 Å². The van der Waals surface area contributed by atoms with Crippen LogP contribution in [0.4, 0.5) is 5.69 Å². The number of rotatable bonds is 7. The van der Waals surface area contributed by atoms with Crippen molar-refractivity contribution in [3.8, 4) is 5.75 Å². The first-order valence-electron chi connectivity index (χ1n) is 9.00. The van der Waals surface area contributed by atoms with Crippen LogP contribution in [0.1, 0.15) is 42.0 Å². The number of hydrogen-bond acceptors (Lipinski definition) is 4. The van der Waals surface area contributed by atoms with E-state index < -0.39 is 5.97 Å². The van der Waals surface area contributed by atoms with Gasteiger partial charge in [0.05, 0.1) is 13.5 Å². The van der Waals surface area contributed by atoms with Gasteiger partial charge < -0.3 is 14.8 Å². The molecule has 2 rings (SSSR count). The van der Waals surface area contributed by atoms with Crippen LogP contribution in [0.15, 0.2) is 36.4 Å². The fourth-order valence-corrected chi connectivity index (χ4v) is 2.86. The van der Waals surface area contributed by atoms with Crippen molar-refractivity contribution in [2.24, 2.45) is 0 Å². The summed E-state index contributed by atoms with van der Waals surface area (Å²) in [5.74, 6) is 0.198. The summed E-state index contributed by atoms with van der Waals surface area (Å²) in [6, 6.07) is 11.4. The number of hydrogen-bond donors (Lipinski definition) is 1. The molecule has 2 aromatic rings. The molecule has 0 radical (unpaired) electrons. The molecule has 0 aliphatic carbocycles. The molecule has 0 unspecified atom stereocenters. The first kappa shape index (κ1) is 20.5. The Morgan fingerprint density at radius 3 is 2.48 bits per heavy atom. The summed E-state index contributed by atoms with van der Waals surface area (Å²) in [5, 5.41) is 2.87. The van der Waals surface area contributed by atoms with Crippen LogP contribution in [-0.2, 0) is 20.7 Å². The molecule has 0 fully saturated rings. The van der Waals surface area contributed by atoms with Crippen LogP contribution in [0.2, 0.25) is 0 Å². The summed E-state index contributed by atoms with van der Waals surface area (Å²) in [4.78, 5) is 24.3. The second-order valence-electron chi connectivity index (χ2n) is 6.88. The molecule has 5 nitrogen and oxygen atoms in total. The van der Waals surface area contributed by atoms with Gasteiger partial charge in [0.2, 0.25) is 0 Å². The molecular weight excluding hydrogens is 342 g/mol. The lowest BCUT2D eigenvalue weighted by Gasteiger charge is -2.16. The lowest BCUT2D eigenvalue weighted by Crippen LogP contribution is -2.22. The molecule has 0 spiro atoms. The highest BCUT2D eigenvalue weighted by Crippen LogP contribution is 2.27. The number of aryl methyl sites for hydroxylation is 2. The highest BCUT2D eigenvalue weighted by molar-refractivity contribution is 5.94. The Morgan fingerprint density at radius 1 is 1.07 bits per heavy atom. The van der Waals surface area contributed by atoms with Gasteiger partial charge in [0.25, 0.3) is 5.91 Å². The molecule has 0 aliphatic heterocycles. The van der Waals surface area contributed by atoms with Crippen molar-refractivity contribution in [2.45, 2.75) is 40.0 Å². The Labute approximate surface area is 160 Å². The number of carbonyl (C=O) groups excluding carboxylic acids is 2. The molecular formula is C22H27NO4. The van der Waals surface area contributed by atoms with Crippen molar-refractivity contribution < 1.29 is 19.1 Å². The fraction of sp³-hybridized carbons (Fsp3) is 0.364. The van der Waals surface area contributed by atoms with Gasteiger partial charge in [-0.2, -0.15) is 0 Å². The topological polar surface area (TPSA) is 64.6 Å². The van der Waals surface area contributed by atoms with Crippen molar-refractivity contribution in [3.63, 3.8) is 0 Å². The Hall–Kier alpha value is -2.82. The van der Waals surface area contributed by atoms with E-state index in [1.807, 2.05) is 44.2 Å². The molecule has 0 bridgehead atoms. The molecule has 2 aromatic carbocycles. The molecule has 0 atom stereocenters. The van der Waals surface area contributed by atoms with E-state index in [1.54, 1.807) is 13.2 Å². The van der Waals surface area contributed by atoms with Crippen LogP contribution in [-0.4, -0.2) is 25.6 Å². The average molecular weight is 369 g/mol. The molecule has 0 aromatic heterocycles. The van der Waals surface area contributed by atoms with Gasteiger partial charge in [-0.1, -0.05) is 44.2 Å². The molecule has 1 N–H and O–H groups in total. The number of para-hydroxylation sites is 1. The Bertz CT molecular complexity index is 827. The van der Waals surface area contributed by atoms with Crippen LogP contribution >= 0.6 is 0 Å². The first-order chi connectivity index (χ1) is 12.8. The average Bonchev–Trinajstić information content (AvgIpc) is 2.63. The van der Waals surface area contributed by atoms with E-state index >= 15 is 0 Å². The van der Waals surface area contributed by atoms with Gasteiger partial charge in [-0.25, -0.2) is 0 Å². The maximum Gasteiger partial charge on any atom is 0.310 e. The lowest BCUT2D eigenvalue weighted by molar-refractivity contribution is -0.146. The summed E-state index contributed by atoms with van der Waals surface area (Å²) >= 11 is 0. The predicted molar refractivity (Wildman–Crippen MR) is 106 cm³/mol. The second kappa shape index (κ2) is 9.21. The van der Waals surface area contributed by atoms with Crippen LogP contribution in [0.5, 0.6) is 5.75 Å². The summed E-state index contributed by atoms with van der Waals surface area (Å²) in [6.45, 7) is 7.70. The lowest BCUT2D eigenvalue weighted by atomic mass is 9.98. The van der Waals surface area contributed by atoms with E-state index in [0.29, 0.717) is 0 Å². The minimum Gasteiger partial charge on any atom is -0.496 e. The molecule has 0 aliphatic rings. The molecule has 27 heavy (non-hydrogen) atoms. The van der Waals surface area contributed by atoms with Gasteiger partial charge in [0, 0.05) is 5.69 Å². The molecule has 0 saturated carbocycles. The summed E-state index contributed by atoms with van der Waals surface area (Å²) in [5.41, 5.74) is 4.60. The Morgan fingerprint density at radius 2 is 1.81 bits per heavy atom. The van der Waals surface area contributed by atoms with Crippen molar-refractivity contribution in [2.75, 3.05) is 19.0 Å². The molecule has 0 saturated heterocycles. The number of ether oxygens (including phenoxy) is 2. The van der Waals surface area contributed by atoms with E-state index in [2.05, 4.69) is 19.2 Å². The predicted octanol–water partition coefficient (Wildman–Crippen LogP) is 4.16. The number of carbonyl (C=O) groups is 2.